The van der Waals surface area contributed by atoms with Crippen LogP contribution in [0.15, 0.2) is 36.4 Å². The van der Waals surface area contributed by atoms with E-state index >= 15 is 0 Å². The number of amides is 1. The van der Waals surface area contributed by atoms with E-state index in [2.05, 4.69) is 10.1 Å². The molecule has 0 aliphatic heterocycles. The number of alkyl halides is 3. The molecule has 1 amide bonds. The normalized spacial score (nSPS) is 11.6. The monoisotopic (exact) mass is 470 g/mol. The molecule has 0 fully saturated rings. The molecule has 1 heterocycles. The Morgan fingerprint density at radius 2 is 1.84 bits per heavy atom. The number of aliphatic hydroxyl groups excluding tert-OH is 1. The van der Waals surface area contributed by atoms with Gasteiger partial charge in [0.25, 0.3) is 5.91 Å². The van der Waals surface area contributed by atoms with Crippen molar-refractivity contribution in [1.29, 1.82) is 0 Å². The Morgan fingerprint density at radius 3 is 2.44 bits per heavy atom. The van der Waals surface area contributed by atoms with Crippen LogP contribution in [-0.4, -0.2) is 46.1 Å². The highest BCUT2D eigenvalue weighted by molar-refractivity contribution is 6.33. The number of hydrogen-bond acceptors (Lipinski definition) is 5. The number of aromatic nitrogens is 1. The van der Waals surface area contributed by atoms with Gasteiger partial charge in [0.2, 0.25) is 5.91 Å². The number of aliphatic hydroxyl groups is 1. The third kappa shape index (κ3) is 4.97. The number of rotatable bonds is 6. The van der Waals surface area contributed by atoms with E-state index in [9.17, 15) is 27.9 Å². The standard InChI is InChI=1S/C21H18ClF3N2O5/c1-11-14(9-19(30)26-6-7-28)15-8-18(29)16(22)10-17(15)27(11)20(31)12-2-4-13(5-3-12)32-21(23,24)25/h2-5,8,10,28-29H,6-7,9H2,1H3,(H,26,30). The van der Waals surface area contributed by atoms with E-state index < -0.39 is 23.9 Å². The third-order valence-corrected chi connectivity index (χ3v) is 5.02. The third-order valence-electron chi connectivity index (χ3n) is 4.71. The van der Waals surface area contributed by atoms with Gasteiger partial charge in [-0.15, -0.1) is 13.2 Å². The van der Waals surface area contributed by atoms with Crippen molar-refractivity contribution in [2.24, 2.45) is 0 Å². The molecular formula is C21H18ClF3N2O5. The lowest BCUT2D eigenvalue weighted by Gasteiger charge is -2.11. The van der Waals surface area contributed by atoms with Gasteiger partial charge >= 0.3 is 6.36 Å². The molecule has 0 bridgehead atoms. The number of fused-ring (bicyclic) bond motifs is 1. The molecule has 0 spiro atoms. The van der Waals surface area contributed by atoms with Gasteiger partial charge < -0.3 is 20.3 Å². The molecule has 0 saturated heterocycles. The van der Waals surface area contributed by atoms with E-state index in [1.807, 2.05) is 0 Å². The molecule has 3 aromatic rings. The number of halogens is 4. The summed E-state index contributed by atoms with van der Waals surface area (Å²) in [5, 5.41) is 21.8. The predicted octanol–water partition coefficient (Wildman–Crippen LogP) is 3.55. The summed E-state index contributed by atoms with van der Waals surface area (Å²) in [5.41, 5.74) is 1.23. The summed E-state index contributed by atoms with van der Waals surface area (Å²) in [6.07, 6.45) is -4.99. The molecule has 32 heavy (non-hydrogen) atoms. The smallest absolute Gasteiger partial charge is 0.506 e. The van der Waals surface area contributed by atoms with Gasteiger partial charge in [0, 0.05) is 23.2 Å². The number of ether oxygens (including phenoxy) is 1. The van der Waals surface area contributed by atoms with Crippen LogP contribution in [0.3, 0.4) is 0 Å². The molecule has 7 nitrogen and oxygen atoms in total. The minimum absolute atomic E-state index is 0.0192. The minimum Gasteiger partial charge on any atom is -0.506 e. The number of benzene rings is 2. The molecule has 3 rings (SSSR count). The minimum atomic E-state index is -4.86. The number of phenolic OH excluding ortho intramolecular Hbond substituents is 1. The Bertz CT molecular complexity index is 1170. The quantitative estimate of drug-likeness (QED) is 0.511. The molecule has 1 aromatic heterocycles. The summed E-state index contributed by atoms with van der Waals surface area (Å²) in [5.74, 6) is -1.70. The summed E-state index contributed by atoms with van der Waals surface area (Å²) in [7, 11) is 0. The molecule has 0 radical (unpaired) electrons. The largest absolute Gasteiger partial charge is 0.573 e. The van der Waals surface area contributed by atoms with E-state index in [4.69, 9.17) is 16.7 Å². The second-order valence-electron chi connectivity index (χ2n) is 6.85. The maximum atomic E-state index is 13.2. The maximum Gasteiger partial charge on any atom is 0.573 e. The first kappa shape index (κ1) is 23.4. The first-order chi connectivity index (χ1) is 15.0. The summed E-state index contributed by atoms with van der Waals surface area (Å²) >= 11 is 6.02. The zero-order valence-electron chi connectivity index (χ0n) is 16.7. The summed E-state index contributed by atoms with van der Waals surface area (Å²) in [6, 6.07) is 7.11. The van der Waals surface area contributed by atoms with Crippen LogP contribution in [0, 0.1) is 6.92 Å². The van der Waals surface area contributed by atoms with Gasteiger partial charge in [-0.25, -0.2) is 0 Å². The highest BCUT2D eigenvalue weighted by Gasteiger charge is 2.31. The van der Waals surface area contributed by atoms with Crippen molar-refractivity contribution >= 4 is 34.3 Å². The maximum absolute atomic E-state index is 13.2. The Kier molecular flexibility index (Phi) is 6.65. The van der Waals surface area contributed by atoms with Gasteiger partial charge in [-0.1, -0.05) is 11.6 Å². The Hall–Kier alpha value is -3.24. The van der Waals surface area contributed by atoms with Gasteiger partial charge in [-0.2, -0.15) is 0 Å². The first-order valence-electron chi connectivity index (χ1n) is 9.32. The molecule has 0 unspecified atom stereocenters. The van der Waals surface area contributed by atoms with Gasteiger partial charge in [0.1, 0.15) is 11.5 Å². The average molecular weight is 471 g/mol. The second kappa shape index (κ2) is 9.09. The van der Waals surface area contributed by atoms with Gasteiger partial charge in [-0.3, -0.25) is 14.2 Å². The molecule has 11 heteroatoms. The van der Waals surface area contributed by atoms with Crippen molar-refractivity contribution in [2.75, 3.05) is 13.2 Å². The summed E-state index contributed by atoms with van der Waals surface area (Å²) in [4.78, 5) is 25.4. The molecule has 0 atom stereocenters. The zero-order chi connectivity index (χ0) is 23.6. The fourth-order valence-electron chi connectivity index (χ4n) is 3.32. The van der Waals surface area contributed by atoms with Crippen molar-refractivity contribution in [3.63, 3.8) is 0 Å². The van der Waals surface area contributed by atoms with Gasteiger partial charge in [-0.05, 0) is 48.9 Å². The number of phenols is 1. The summed E-state index contributed by atoms with van der Waals surface area (Å²) < 4.78 is 42.2. The van der Waals surface area contributed by atoms with Crippen LogP contribution in [0.4, 0.5) is 13.2 Å². The lowest BCUT2D eigenvalue weighted by Crippen LogP contribution is -2.28. The molecular weight excluding hydrogens is 453 g/mol. The topological polar surface area (TPSA) is 101 Å². The predicted molar refractivity (Wildman–Crippen MR) is 110 cm³/mol. The van der Waals surface area contributed by atoms with Gasteiger partial charge in [0.05, 0.1) is 23.6 Å². The average Bonchev–Trinajstić information content (AvgIpc) is 2.96. The van der Waals surface area contributed by atoms with Crippen LogP contribution in [0.5, 0.6) is 11.5 Å². The fraction of sp³-hybridized carbons (Fsp3) is 0.238. The van der Waals surface area contributed by atoms with Crippen molar-refractivity contribution in [1.82, 2.24) is 9.88 Å². The van der Waals surface area contributed by atoms with Crippen LogP contribution in [0.2, 0.25) is 5.02 Å². The van der Waals surface area contributed by atoms with Crippen molar-refractivity contribution < 1.29 is 37.7 Å². The van der Waals surface area contributed by atoms with Crippen molar-refractivity contribution in [3.8, 4) is 11.5 Å². The lowest BCUT2D eigenvalue weighted by atomic mass is 10.1. The number of carbonyl (C=O) groups excluding carboxylic acids is 2. The first-order valence-corrected chi connectivity index (χ1v) is 9.70. The Morgan fingerprint density at radius 1 is 1.19 bits per heavy atom. The lowest BCUT2D eigenvalue weighted by molar-refractivity contribution is -0.274. The molecule has 170 valence electrons. The molecule has 3 N–H and O–H groups in total. The Balaban J connectivity index is 2.05. The number of aromatic hydroxyl groups is 1. The van der Waals surface area contributed by atoms with Crippen LogP contribution >= 0.6 is 11.6 Å². The Labute approximate surface area is 185 Å². The fourth-order valence-corrected chi connectivity index (χ4v) is 3.48. The molecule has 2 aromatic carbocycles. The van der Waals surface area contributed by atoms with Crippen LogP contribution in [-0.2, 0) is 11.2 Å². The number of nitrogens with one attached hydrogen (secondary N) is 1. The SMILES string of the molecule is Cc1c(CC(=O)NCCO)c2cc(O)c(Cl)cc2n1C(=O)c1ccc(OC(F)(F)F)cc1. The van der Waals surface area contributed by atoms with Crippen molar-refractivity contribution in [2.45, 2.75) is 19.7 Å². The molecule has 0 aliphatic carbocycles. The van der Waals surface area contributed by atoms with Crippen LogP contribution < -0.4 is 10.1 Å². The number of hydrogen-bond donors (Lipinski definition) is 3. The highest BCUT2D eigenvalue weighted by Crippen LogP contribution is 2.35. The van der Waals surface area contributed by atoms with E-state index in [-0.39, 0.29) is 35.9 Å². The molecule has 0 saturated carbocycles. The van der Waals surface area contributed by atoms with E-state index in [0.29, 0.717) is 22.2 Å². The highest BCUT2D eigenvalue weighted by atomic mass is 35.5. The van der Waals surface area contributed by atoms with Crippen LogP contribution in [0.1, 0.15) is 21.6 Å². The van der Waals surface area contributed by atoms with E-state index in [1.54, 1.807) is 6.92 Å². The number of nitrogens with zero attached hydrogens (tertiary/aromatic N) is 1. The molecule has 0 aliphatic rings. The van der Waals surface area contributed by atoms with Gasteiger partial charge in [0.15, 0.2) is 0 Å². The van der Waals surface area contributed by atoms with E-state index in [1.165, 1.54) is 28.8 Å². The van der Waals surface area contributed by atoms with E-state index in [0.717, 1.165) is 12.1 Å². The van der Waals surface area contributed by atoms with Crippen molar-refractivity contribution in [3.05, 3.63) is 58.2 Å². The summed E-state index contributed by atoms with van der Waals surface area (Å²) in [6.45, 7) is 1.41. The second-order valence-corrected chi connectivity index (χ2v) is 7.26. The zero-order valence-corrected chi connectivity index (χ0v) is 17.4. The number of carbonyl (C=O) groups is 2. The van der Waals surface area contributed by atoms with Crippen LogP contribution in [0.25, 0.3) is 10.9 Å².